The van der Waals surface area contributed by atoms with E-state index in [9.17, 15) is 4.79 Å². The predicted octanol–water partition coefficient (Wildman–Crippen LogP) is 3.15. The average Bonchev–Trinajstić information content (AvgIpc) is 3.16. The van der Waals surface area contributed by atoms with Crippen LogP contribution >= 0.6 is 24.0 Å². The van der Waals surface area contributed by atoms with Crippen LogP contribution in [0.15, 0.2) is 29.3 Å². The van der Waals surface area contributed by atoms with Crippen molar-refractivity contribution in [3.05, 3.63) is 29.8 Å². The van der Waals surface area contributed by atoms with Gasteiger partial charge in [-0.3, -0.25) is 9.79 Å². The number of hydrogen-bond donors (Lipinski definition) is 2. The smallest absolute Gasteiger partial charge is 0.224 e. The van der Waals surface area contributed by atoms with Gasteiger partial charge in [-0.05, 0) is 51.7 Å². The fourth-order valence-corrected chi connectivity index (χ4v) is 4.16. The van der Waals surface area contributed by atoms with Crippen LogP contribution in [0.4, 0.5) is 5.69 Å². The summed E-state index contributed by atoms with van der Waals surface area (Å²) in [6, 6.07) is 9.46. The number of nitrogens with one attached hydrogen (secondary N) is 2. The molecule has 0 radical (unpaired) electrons. The van der Waals surface area contributed by atoms with E-state index >= 15 is 0 Å². The number of carbonyl (C=O) groups is 1. The first kappa shape index (κ1) is 23.8. The minimum atomic E-state index is 0. The molecule has 1 aromatic carbocycles. The van der Waals surface area contributed by atoms with Crippen LogP contribution in [0.5, 0.6) is 0 Å². The number of aryl methyl sites for hydroxylation is 1. The van der Waals surface area contributed by atoms with Gasteiger partial charge in [-0.1, -0.05) is 17.7 Å². The van der Waals surface area contributed by atoms with Gasteiger partial charge in [0.1, 0.15) is 0 Å². The zero-order valence-corrected chi connectivity index (χ0v) is 20.3. The van der Waals surface area contributed by atoms with Crippen LogP contribution in [0.1, 0.15) is 44.6 Å². The SMILES string of the molecule is CN=C(NCCC(=O)N1CCCCC1C)NC1CCN(c2ccc(C)cc2)C1.I. The maximum Gasteiger partial charge on any atom is 0.224 e. The molecule has 1 aromatic rings. The number of rotatable bonds is 5. The number of aliphatic imine (C=N–C) groups is 1. The molecule has 2 heterocycles. The second kappa shape index (κ2) is 11.6. The minimum Gasteiger partial charge on any atom is -0.369 e. The molecule has 0 saturated carbocycles. The predicted molar refractivity (Wildman–Crippen MR) is 131 cm³/mol. The highest BCUT2D eigenvalue weighted by molar-refractivity contribution is 14.0. The Labute approximate surface area is 192 Å². The molecule has 2 aliphatic heterocycles. The molecule has 3 rings (SSSR count). The molecule has 2 atom stereocenters. The van der Waals surface area contributed by atoms with Crippen molar-refractivity contribution in [2.75, 3.05) is 38.1 Å². The molecule has 2 saturated heterocycles. The van der Waals surface area contributed by atoms with E-state index in [-0.39, 0.29) is 29.9 Å². The lowest BCUT2D eigenvalue weighted by Gasteiger charge is -2.33. The van der Waals surface area contributed by atoms with Crippen molar-refractivity contribution < 1.29 is 4.79 Å². The highest BCUT2D eigenvalue weighted by Gasteiger charge is 2.24. The summed E-state index contributed by atoms with van der Waals surface area (Å²) in [6.07, 6.45) is 5.10. The zero-order valence-electron chi connectivity index (χ0n) is 18.0. The lowest BCUT2D eigenvalue weighted by molar-refractivity contribution is -0.134. The van der Waals surface area contributed by atoms with Gasteiger partial charge < -0.3 is 20.4 Å². The van der Waals surface area contributed by atoms with E-state index < -0.39 is 0 Å². The summed E-state index contributed by atoms with van der Waals surface area (Å²) >= 11 is 0. The Bertz CT molecular complexity index is 678. The van der Waals surface area contributed by atoms with Gasteiger partial charge in [-0.15, -0.1) is 24.0 Å². The molecule has 0 aliphatic carbocycles. The van der Waals surface area contributed by atoms with Gasteiger partial charge in [0.25, 0.3) is 0 Å². The van der Waals surface area contributed by atoms with Gasteiger partial charge in [0.2, 0.25) is 5.91 Å². The topological polar surface area (TPSA) is 60.0 Å². The molecule has 0 spiro atoms. The summed E-state index contributed by atoms with van der Waals surface area (Å²) in [7, 11) is 1.79. The number of amides is 1. The van der Waals surface area contributed by atoms with E-state index in [1.54, 1.807) is 7.05 Å². The standard InChI is InChI=1S/C22H35N5O.HI/c1-17-7-9-20(10-8-17)26-15-12-19(16-26)25-22(23-3)24-13-11-21(28)27-14-5-4-6-18(27)2;/h7-10,18-19H,4-6,11-16H2,1-3H3,(H2,23,24,25);1H. The highest BCUT2D eigenvalue weighted by Crippen LogP contribution is 2.21. The van der Waals surface area contributed by atoms with E-state index in [1.807, 2.05) is 4.90 Å². The van der Waals surface area contributed by atoms with Crippen molar-refractivity contribution in [3.63, 3.8) is 0 Å². The summed E-state index contributed by atoms with van der Waals surface area (Å²) in [5, 5.41) is 6.83. The first-order valence-corrected chi connectivity index (χ1v) is 10.6. The lowest BCUT2D eigenvalue weighted by atomic mass is 10.0. The summed E-state index contributed by atoms with van der Waals surface area (Å²) in [6.45, 7) is 7.81. The van der Waals surface area contributed by atoms with E-state index in [4.69, 9.17) is 0 Å². The van der Waals surface area contributed by atoms with Gasteiger partial charge in [0, 0.05) is 57.4 Å². The Morgan fingerprint density at radius 3 is 2.62 bits per heavy atom. The first-order chi connectivity index (χ1) is 13.6. The molecule has 6 nitrogen and oxygen atoms in total. The highest BCUT2D eigenvalue weighted by atomic mass is 127. The number of benzene rings is 1. The number of nitrogens with zero attached hydrogens (tertiary/aromatic N) is 3. The van der Waals surface area contributed by atoms with Gasteiger partial charge in [-0.25, -0.2) is 0 Å². The largest absolute Gasteiger partial charge is 0.369 e. The Morgan fingerprint density at radius 2 is 1.93 bits per heavy atom. The molecular formula is C22H36IN5O. The lowest BCUT2D eigenvalue weighted by Crippen LogP contribution is -2.46. The maximum absolute atomic E-state index is 12.5. The quantitative estimate of drug-likeness (QED) is 0.361. The van der Waals surface area contributed by atoms with Crippen LogP contribution in [-0.2, 0) is 4.79 Å². The van der Waals surface area contributed by atoms with Gasteiger partial charge in [0.05, 0.1) is 0 Å². The van der Waals surface area contributed by atoms with Gasteiger partial charge in [0.15, 0.2) is 5.96 Å². The maximum atomic E-state index is 12.5. The molecule has 2 N–H and O–H groups in total. The molecule has 29 heavy (non-hydrogen) atoms. The van der Waals surface area contributed by atoms with Crippen molar-refractivity contribution in [3.8, 4) is 0 Å². The van der Waals surface area contributed by atoms with E-state index in [2.05, 4.69) is 58.6 Å². The second-order valence-corrected chi connectivity index (χ2v) is 8.09. The number of piperidine rings is 1. The third-order valence-electron chi connectivity index (χ3n) is 5.91. The number of hydrogen-bond acceptors (Lipinski definition) is 3. The van der Waals surface area contributed by atoms with E-state index in [0.29, 0.717) is 25.0 Å². The van der Waals surface area contributed by atoms with Crippen LogP contribution in [0, 0.1) is 6.92 Å². The molecule has 0 aromatic heterocycles. The van der Waals surface area contributed by atoms with Crippen LogP contribution in [0.3, 0.4) is 0 Å². The summed E-state index contributed by atoms with van der Waals surface area (Å²) < 4.78 is 0. The fraction of sp³-hybridized carbons (Fsp3) is 0.636. The molecule has 1 amide bonds. The molecule has 162 valence electrons. The number of guanidine groups is 1. The molecule has 2 aliphatic rings. The summed E-state index contributed by atoms with van der Waals surface area (Å²) in [4.78, 5) is 21.2. The fourth-order valence-electron chi connectivity index (χ4n) is 4.16. The number of halogens is 1. The van der Waals surface area contributed by atoms with Crippen molar-refractivity contribution in [2.45, 2.75) is 58.0 Å². The third-order valence-corrected chi connectivity index (χ3v) is 5.91. The van der Waals surface area contributed by atoms with Crippen LogP contribution in [0.25, 0.3) is 0 Å². The van der Waals surface area contributed by atoms with Crippen molar-refractivity contribution in [1.29, 1.82) is 0 Å². The molecule has 7 heteroatoms. The van der Waals surface area contributed by atoms with E-state index in [0.717, 1.165) is 44.9 Å². The monoisotopic (exact) mass is 513 g/mol. The third kappa shape index (κ3) is 6.76. The number of anilines is 1. The minimum absolute atomic E-state index is 0. The Balaban J connectivity index is 0.00000300. The van der Waals surface area contributed by atoms with Gasteiger partial charge in [-0.2, -0.15) is 0 Å². The molecule has 2 fully saturated rings. The molecule has 2 unspecified atom stereocenters. The molecule has 0 bridgehead atoms. The van der Waals surface area contributed by atoms with Crippen LogP contribution < -0.4 is 15.5 Å². The number of carbonyl (C=O) groups excluding carboxylic acids is 1. The van der Waals surface area contributed by atoms with Crippen molar-refractivity contribution in [1.82, 2.24) is 15.5 Å². The van der Waals surface area contributed by atoms with Crippen LogP contribution in [0.2, 0.25) is 0 Å². The summed E-state index contributed by atoms with van der Waals surface area (Å²) in [5.41, 5.74) is 2.56. The zero-order chi connectivity index (χ0) is 19.9. The van der Waals surface area contributed by atoms with Crippen LogP contribution in [-0.4, -0.2) is 62.1 Å². The Hall–Kier alpha value is -1.51. The van der Waals surface area contributed by atoms with Crippen molar-refractivity contribution in [2.24, 2.45) is 4.99 Å². The normalized spacial score (nSPS) is 22.2. The first-order valence-electron chi connectivity index (χ1n) is 10.6. The van der Waals surface area contributed by atoms with E-state index in [1.165, 1.54) is 17.7 Å². The summed E-state index contributed by atoms with van der Waals surface area (Å²) in [5.74, 6) is 1.04. The number of likely N-dealkylation sites (tertiary alicyclic amines) is 1. The Kier molecular flexibility index (Phi) is 9.52. The average molecular weight is 513 g/mol. The Morgan fingerprint density at radius 1 is 1.17 bits per heavy atom. The van der Waals surface area contributed by atoms with Gasteiger partial charge >= 0.3 is 0 Å². The second-order valence-electron chi connectivity index (χ2n) is 8.09. The molecular weight excluding hydrogens is 477 g/mol. The van der Waals surface area contributed by atoms with Crippen molar-refractivity contribution >= 4 is 41.5 Å².